The van der Waals surface area contributed by atoms with E-state index < -0.39 is 11.8 Å². The molecule has 0 atom stereocenters. The Kier molecular flexibility index (Phi) is 4.35. The molecule has 0 spiro atoms. The minimum Gasteiger partial charge on any atom is -0.465 e. The van der Waals surface area contributed by atoms with Gasteiger partial charge in [0.25, 0.3) is 0 Å². The Morgan fingerprint density at radius 1 is 1.25 bits per heavy atom. The van der Waals surface area contributed by atoms with Gasteiger partial charge in [0.05, 0.1) is 12.7 Å². The van der Waals surface area contributed by atoms with Crippen LogP contribution in [0.3, 0.4) is 0 Å². The van der Waals surface area contributed by atoms with Crippen LogP contribution in [0.4, 0.5) is 10.1 Å². The van der Waals surface area contributed by atoms with Gasteiger partial charge in [-0.15, -0.1) is 0 Å². The fourth-order valence-electron chi connectivity index (χ4n) is 1.93. The lowest BCUT2D eigenvalue weighted by Crippen LogP contribution is -2.06. The number of esters is 1. The summed E-state index contributed by atoms with van der Waals surface area (Å²) in [4.78, 5) is 11.4. The fourth-order valence-corrected chi connectivity index (χ4v) is 1.93. The van der Waals surface area contributed by atoms with Crippen molar-refractivity contribution in [3.8, 4) is 0 Å². The summed E-state index contributed by atoms with van der Waals surface area (Å²) in [5.41, 5.74) is 2.91. The monoisotopic (exact) mass is 273 g/mol. The van der Waals surface area contributed by atoms with E-state index in [0.29, 0.717) is 12.2 Å². The van der Waals surface area contributed by atoms with Crippen molar-refractivity contribution in [1.82, 2.24) is 0 Å². The van der Waals surface area contributed by atoms with Crippen molar-refractivity contribution in [2.45, 2.75) is 13.5 Å². The largest absolute Gasteiger partial charge is 0.465 e. The van der Waals surface area contributed by atoms with Crippen molar-refractivity contribution in [1.29, 1.82) is 0 Å². The highest BCUT2D eigenvalue weighted by Crippen LogP contribution is 2.17. The zero-order chi connectivity index (χ0) is 14.5. The number of ether oxygens (including phenoxy) is 1. The number of benzene rings is 2. The van der Waals surface area contributed by atoms with E-state index in [-0.39, 0.29) is 5.56 Å². The Morgan fingerprint density at radius 2 is 2.05 bits per heavy atom. The van der Waals surface area contributed by atoms with E-state index in [9.17, 15) is 9.18 Å². The Hall–Kier alpha value is -2.36. The van der Waals surface area contributed by atoms with E-state index in [2.05, 4.69) is 16.1 Å². The van der Waals surface area contributed by atoms with Crippen molar-refractivity contribution in [2.75, 3.05) is 12.4 Å². The number of rotatable bonds is 4. The standard InChI is InChI=1S/C16H16FNO2/c1-11-4-3-5-12(8-11)10-18-13-6-7-15(17)14(9-13)16(19)20-2/h3-9,18H,10H2,1-2H3. The van der Waals surface area contributed by atoms with Crippen LogP contribution >= 0.6 is 0 Å². The Labute approximate surface area is 117 Å². The first-order chi connectivity index (χ1) is 9.60. The first-order valence-electron chi connectivity index (χ1n) is 6.27. The quantitative estimate of drug-likeness (QED) is 0.866. The molecular weight excluding hydrogens is 257 g/mol. The molecule has 0 aliphatic heterocycles. The predicted octanol–water partition coefficient (Wildman–Crippen LogP) is 3.53. The fraction of sp³-hybridized carbons (Fsp3) is 0.188. The summed E-state index contributed by atoms with van der Waals surface area (Å²) in [5.74, 6) is -1.26. The van der Waals surface area contributed by atoms with E-state index in [1.807, 2.05) is 25.1 Å². The van der Waals surface area contributed by atoms with Crippen LogP contribution in [-0.2, 0) is 11.3 Å². The molecule has 0 bridgehead atoms. The minimum atomic E-state index is -0.679. The third-order valence-corrected chi connectivity index (χ3v) is 2.95. The number of hydrogen-bond acceptors (Lipinski definition) is 3. The molecule has 104 valence electrons. The van der Waals surface area contributed by atoms with Gasteiger partial charge in [-0.05, 0) is 30.7 Å². The first-order valence-corrected chi connectivity index (χ1v) is 6.27. The maximum atomic E-state index is 13.5. The third-order valence-electron chi connectivity index (χ3n) is 2.95. The van der Waals surface area contributed by atoms with Gasteiger partial charge in [-0.1, -0.05) is 29.8 Å². The van der Waals surface area contributed by atoms with E-state index >= 15 is 0 Å². The molecule has 1 N–H and O–H groups in total. The van der Waals surface area contributed by atoms with Crippen molar-refractivity contribution >= 4 is 11.7 Å². The third kappa shape index (κ3) is 3.35. The van der Waals surface area contributed by atoms with Crippen LogP contribution in [0.2, 0.25) is 0 Å². The number of carbonyl (C=O) groups excluding carboxylic acids is 1. The second kappa shape index (κ2) is 6.19. The van der Waals surface area contributed by atoms with Gasteiger partial charge in [0.15, 0.2) is 0 Å². The van der Waals surface area contributed by atoms with Gasteiger partial charge in [0.2, 0.25) is 0 Å². The van der Waals surface area contributed by atoms with Gasteiger partial charge in [-0.2, -0.15) is 0 Å². The molecule has 0 unspecified atom stereocenters. The maximum Gasteiger partial charge on any atom is 0.340 e. The number of methoxy groups -OCH3 is 1. The molecular formula is C16H16FNO2. The molecule has 0 heterocycles. The van der Waals surface area contributed by atoms with Gasteiger partial charge in [0.1, 0.15) is 5.82 Å². The van der Waals surface area contributed by atoms with Gasteiger partial charge in [0, 0.05) is 12.2 Å². The van der Waals surface area contributed by atoms with Crippen molar-refractivity contribution < 1.29 is 13.9 Å². The van der Waals surface area contributed by atoms with Crippen molar-refractivity contribution in [2.24, 2.45) is 0 Å². The zero-order valence-electron chi connectivity index (χ0n) is 11.4. The number of halogens is 1. The molecule has 2 aromatic rings. The molecule has 3 nitrogen and oxygen atoms in total. The highest BCUT2D eigenvalue weighted by molar-refractivity contribution is 5.90. The van der Waals surface area contributed by atoms with Gasteiger partial charge in [-0.3, -0.25) is 0 Å². The van der Waals surface area contributed by atoms with Crippen LogP contribution in [-0.4, -0.2) is 13.1 Å². The number of aryl methyl sites for hydroxylation is 1. The van der Waals surface area contributed by atoms with Crippen LogP contribution in [0.5, 0.6) is 0 Å². The average molecular weight is 273 g/mol. The topological polar surface area (TPSA) is 38.3 Å². The van der Waals surface area contributed by atoms with Crippen molar-refractivity contribution in [3.05, 3.63) is 65.0 Å². The van der Waals surface area contributed by atoms with E-state index in [4.69, 9.17) is 0 Å². The molecule has 0 saturated carbocycles. The molecule has 0 aliphatic carbocycles. The highest BCUT2D eigenvalue weighted by atomic mass is 19.1. The van der Waals surface area contributed by atoms with Gasteiger partial charge in [-0.25, -0.2) is 9.18 Å². The van der Waals surface area contributed by atoms with Gasteiger partial charge >= 0.3 is 5.97 Å². The first kappa shape index (κ1) is 14.1. The summed E-state index contributed by atoms with van der Waals surface area (Å²) in [5, 5.41) is 3.16. The highest BCUT2D eigenvalue weighted by Gasteiger charge is 2.12. The van der Waals surface area contributed by atoms with Crippen LogP contribution in [0.15, 0.2) is 42.5 Å². The lowest BCUT2D eigenvalue weighted by Gasteiger charge is -2.09. The van der Waals surface area contributed by atoms with E-state index in [1.54, 1.807) is 6.07 Å². The normalized spacial score (nSPS) is 10.2. The molecule has 0 aromatic heterocycles. The Bertz CT molecular complexity index is 626. The van der Waals surface area contributed by atoms with Gasteiger partial charge < -0.3 is 10.1 Å². The van der Waals surface area contributed by atoms with Crippen molar-refractivity contribution in [3.63, 3.8) is 0 Å². The Morgan fingerprint density at radius 3 is 2.75 bits per heavy atom. The summed E-state index contributed by atoms with van der Waals surface area (Å²) in [6, 6.07) is 12.4. The second-order valence-corrected chi connectivity index (χ2v) is 4.53. The maximum absolute atomic E-state index is 13.5. The zero-order valence-corrected chi connectivity index (χ0v) is 11.4. The Balaban J connectivity index is 2.12. The van der Waals surface area contributed by atoms with E-state index in [0.717, 1.165) is 5.56 Å². The number of nitrogens with one attached hydrogen (secondary N) is 1. The van der Waals surface area contributed by atoms with Crippen LogP contribution in [0, 0.1) is 12.7 Å². The second-order valence-electron chi connectivity index (χ2n) is 4.53. The smallest absolute Gasteiger partial charge is 0.340 e. The molecule has 0 saturated heterocycles. The molecule has 0 fully saturated rings. The predicted molar refractivity (Wildman–Crippen MR) is 76.2 cm³/mol. The van der Waals surface area contributed by atoms with Crippen LogP contribution in [0.1, 0.15) is 21.5 Å². The van der Waals surface area contributed by atoms with E-state index in [1.165, 1.54) is 24.8 Å². The number of anilines is 1. The van der Waals surface area contributed by atoms with Crippen LogP contribution in [0.25, 0.3) is 0 Å². The lowest BCUT2D eigenvalue weighted by molar-refractivity contribution is 0.0595. The molecule has 2 aromatic carbocycles. The molecule has 0 amide bonds. The summed E-state index contributed by atoms with van der Waals surface area (Å²) < 4.78 is 18.0. The number of hydrogen-bond donors (Lipinski definition) is 1. The molecule has 20 heavy (non-hydrogen) atoms. The average Bonchev–Trinajstić information content (AvgIpc) is 2.45. The molecule has 2 rings (SSSR count). The molecule has 4 heteroatoms. The summed E-state index contributed by atoms with van der Waals surface area (Å²) in [6.45, 7) is 2.63. The lowest BCUT2D eigenvalue weighted by atomic mass is 10.1. The SMILES string of the molecule is COC(=O)c1cc(NCc2cccc(C)c2)ccc1F. The summed E-state index contributed by atoms with van der Waals surface area (Å²) in [6.07, 6.45) is 0. The number of carbonyl (C=O) groups is 1. The van der Waals surface area contributed by atoms with Crippen LogP contribution < -0.4 is 5.32 Å². The minimum absolute atomic E-state index is 0.0678. The summed E-state index contributed by atoms with van der Waals surface area (Å²) in [7, 11) is 1.23. The summed E-state index contributed by atoms with van der Waals surface area (Å²) >= 11 is 0. The molecule has 0 radical (unpaired) electrons. The molecule has 0 aliphatic rings.